The SMILES string of the molecule is CCOC(=O)c1c[nH]c(C=C2C(=O)NN=C2c2cccs2)c1. The summed E-state index contributed by atoms with van der Waals surface area (Å²) in [7, 11) is 0. The number of carbonyl (C=O) groups is 2. The molecule has 22 heavy (non-hydrogen) atoms. The van der Waals surface area contributed by atoms with E-state index in [1.54, 1.807) is 25.3 Å². The molecule has 0 fully saturated rings. The molecule has 2 aromatic heterocycles. The third kappa shape index (κ3) is 2.71. The normalized spacial score (nSPS) is 15.8. The van der Waals surface area contributed by atoms with Gasteiger partial charge in [-0.2, -0.15) is 5.10 Å². The molecule has 3 heterocycles. The fraction of sp³-hybridized carbons (Fsp3) is 0.133. The van der Waals surface area contributed by atoms with Crippen LogP contribution in [0.1, 0.15) is 27.9 Å². The average molecular weight is 315 g/mol. The molecule has 0 unspecified atom stereocenters. The second-order valence-electron chi connectivity index (χ2n) is 4.50. The molecule has 1 aliphatic heterocycles. The number of hydrogen-bond donors (Lipinski definition) is 2. The van der Waals surface area contributed by atoms with E-state index in [4.69, 9.17) is 4.74 Å². The summed E-state index contributed by atoms with van der Waals surface area (Å²) in [6.07, 6.45) is 3.23. The van der Waals surface area contributed by atoms with Gasteiger partial charge in [-0.25, -0.2) is 10.2 Å². The van der Waals surface area contributed by atoms with Gasteiger partial charge < -0.3 is 9.72 Å². The molecule has 0 aromatic carbocycles. The van der Waals surface area contributed by atoms with E-state index in [1.165, 1.54) is 11.3 Å². The number of ether oxygens (including phenoxy) is 1. The van der Waals surface area contributed by atoms with E-state index in [1.807, 2.05) is 17.5 Å². The van der Waals surface area contributed by atoms with E-state index < -0.39 is 5.97 Å². The van der Waals surface area contributed by atoms with Gasteiger partial charge in [-0.05, 0) is 30.5 Å². The lowest BCUT2D eigenvalue weighted by atomic mass is 10.1. The van der Waals surface area contributed by atoms with Gasteiger partial charge in [0.15, 0.2) is 0 Å². The molecule has 6 nitrogen and oxygen atoms in total. The van der Waals surface area contributed by atoms with Crippen molar-refractivity contribution in [1.29, 1.82) is 0 Å². The Morgan fingerprint density at radius 1 is 1.50 bits per heavy atom. The number of thiophene rings is 1. The second-order valence-corrected chi connectivity index (χ2v) is 5.45. The van der Waals surface area contributed by atoms with Crippen LogP contribution in [0, 0.1) is 0 Å². The van der Waals surface area contributed by atoms with Crippen LogP contribution in [0.5, 0.6) is 0 Å². The van der Waals surface area contributed by atoms with E-state index in [-0.39, 0.29) is 5.91 Å². The Labute approximate surface area is 130 Å². The summed E-state index contributed by atoms with van der Waals surface area (Å²) >= 11 is 1.51. The highest BCUT2D eigenvalue weighted by atomic mass is 32.1. The first-order chi connectivity index (χ1) is 10.7. The molecule has 2 aromatic rings. The number of H-pyrrole nitrogens is 1. The molecule has 3 rings (SSSR count). The first kappa shape index (κ1) is 14.3. The predicted octanol–water partition coefficient (Wildman–Crippen LogP) is 2.17. The number of rotatable bonds is 4. The third-order valence-corrected chi connectivity index (χ3v) is 3.92. The molecule has 0 bridgehead atoms. The van der Waals surface area contributed by atoms with Crippen LogP contribution in [0.3, 0.4) is 0 Å². The minimum atomic E-state index is -0.397. The topological polar surface area (TPSA) is 83.5 Å². The number of esters is 1. The zero-order valence-electron chi connectivity index (χ0n) is 11.8. The molecule has 2 N–H and O–H groups in total. The molecule has 1 aliphatic rings. The number of hydrogen-bond acceptors (Lipinski definition) is 5. The standard InChI is InChI=1S/C15H13N3O3S/c1-2-21-15(20)9-6-10(16-8-9)7-11-13(17-18-14(11)19)12-4-3-5-22-12/h3-8,16H,2H2,1H3,(H,18,19). The molecule has 0 saturated carbocycles. The summed E-state index contributed by atoms with van der Waals surface area (Å²) in [5.74, 6) is -0.665. The summed E-state index contributed by atoms with van der Waals surface area (Å²) in [5.41, 5.74) is 4.58. The van der Waals surface area contributed by atoms with Gasteiger partial charge in [0.25, 0.3) is 5.91 Å². The molecule has 0 radical (unpaired) electrons. The van der Waals surface area contributed by atoms with Gasteiger partial charge in [0, 0.05) is 11.9 Å². The van der Waals surface area contributed by atoms with E-state index in [0.29, 0.717) is 29.1 Å². The summed E-state index contributed by atoms with van der Waals surface area (Å²) in [6.45, 7) is 2.07. The van der Waals surface area contributed by atoms with Crippen molar-refractivity contribution in [2.75, 3.05) is 6.61 Å². The van der Waals surface area contributed by atoms with Crippen LogP contribution in [0.4, 0.5) is 0 Å². The second kappa shape index (κ2) is 5.98. The minimum Gasteiger partial charge on any atom is -0.462 e. The Kier molecular flexibility index (Phi) is 3.88. The molecule has 7 heteroatoms. The number of aromatic amines is 1. The molecular weight excluding hydrogens is 302 g/mol. The largest absolute Gasteiger partial charge is 0.462 e. The maximum absolute atomic E-state index is 11.9. The Hall–Kier alpha value is -2.67. The molecule has 1 amide bonds. The zero-order chi connectivity index (χ0) is 15.5. The van der Waals surface area contributed by atoms with Gasteiger partial charge in [-0.15, -0.1) is 11.3 Å². The number of nitrogens with zero attached hydrogens (tertiary/aromatic N) is 1. The highest BCUT2D eigenvalue weighted by Crippen LogP contribution is 2.21. The van der Waals surface area contributed by atoms with Crippen LogP contribution < -0.4 is 5.43 Å². The molecule has 0 saturated heterocycles. The summed E-state index contributed by atoms with van der Waals surface area (Å²) in [6, 6.07) is 5.44. The van der Waals surface area contributed by atoms with Crippen molar-refractivity contribution >= 4 is 35.0 Å². The molecular formula is C15H13N3O3S. The van der Waals surface area contributed by atoms with Crippen LogP contribution in [0.15, 0.2) is 40.5 Å². The van der Waals surface area contributed by atoms with Crippen LogP contribution >= 0.6 is 11.3 Å². The smallest absolute Gasteiger partial charge is 0.339 e. The lowest BCUT2D eigenvalue weighted by Gasteiger charge is -1.97. The number of amides is 1. The van der Waals surface area contributed by atoms with E-state index in [0.717, 1.165) is 4.88 Å². The number of nitrogens with one attached hydrogen (secondary N) is 2. The fourth-order valence-corrected chi connectivity index (χ4v) is 2.78. The lowest BCUT2D eigenvalue weighted by molar-refractivity contribution is -0.116. The van der Waals surface area contributed by atoms with Crippen LogP contribution in [-0.4, -0.2) is 29.2 Å². The zero-order valence-corrected chi connectivity index (χ0v) is 12.6. The first-order valence-electron chi connectivity index (χ1n) is 6.68. The highest BCUT2D eigenvalue weighted by Gasteiger charge is 2.24. The van der Waals surface area contributed by atoms with E-state index in [9.17, 15) is 9.59 Å². The Balaban J connectivity index is 1.89. The maximum Gasteiger partial charge on any atom is 0.339 e. The predicted molar refractivity (Wildman–Crippen MR) is 83.7 cm³/mol. The number of carbonyl (C=O) groups excluding carboxylic acids is 2. The van der Waals surface area contributed by atoms with Gasteiger partial charge in [0.2, 0.25) is 0 Å². The number of aromatic nitrogens is 1. The van der Waals surface area contributed by atoms with Gasteiger partial charge in [-0.1, -0.05) is 6.07 Å². The molecule has 0 spiro atoms. The quantitative estimate of drug-likeness (QED) is 0.670. The van der Waals surface area contributed by atoms with E-state index in [2.05, 4.69) is 15.5 Å². The van der Waals surface area contributed by atoms with Crippen molar-refractivity contribution in [2.45, 2.75) is 6.92 Å². The third-order valence-electron chi connectivity index (χ3n) is 3.04. The summed E-state index contributed by atoms with van der Waals surface area (Å²) in [4.78, 5) is 27.4. The van der Waals surface area contributed by atoms with Crippen molar-refractivity contribution < 1.29 is 14.3 Å². The Morgan fingerprint density at radius 3 is 3.09 bits per heavy atom. The monoisotopic (exact) mass is 315 g/mol. The van der Waals surface area contributed by atoms with Crippen LogP contribution in [0.2, 0.25) is 0 Å². The van der Waals surface area contributed by atoms with Crippen molar-refractivity contribution in [3.05, 3.63) is 51.5 Å². The lowest BCUT2D eigenvalue weighted by Crippen LogP contribution is -2.13. The molecule has 112 valence electrons. The van der Waals surface area contributed by atoms with Crippen molar-refractivity contribution in [2.24, 2.45) is 5.10 Å². The summed E-state index contributed by atoms with van der Waals surface area (Å²) < 4.78 is 4.93. The van der Waals surface area contributed by atoms with Gasteiger partial charge in [0.1, 0.15) is 5.71 Å². The van der Waals surface area contributed by atoms with Crippen LogP contribution in [-0.2, 0) is 9.53 Å². The van der Waals surface area contributed by atoms with Crippen molar-refractivity contribution in [3.8, 4) is 0 Å². The number of hydrazone groups is 1. The van der Waals surface area contributed by atoms with Crippen molar-refractivity contribution in [1.82, 2.24) is 10.4 Å². The summed E-state index contributed by atoms with van der Waals surface area (Å²) in [5, 5.41) is 5.98. The Morgan fingerprint density at radius 2 is 2.36 bits per heavy atom. The highest BCUT2D eigenvalue weighted by molar-refractivity contribution is 7.12. The van der Waals surface area contributed by atoms with E-state index >= 15 is 0 Å². The van der Waals surface area contributed by atoms with Gasteiger partial charge in [-0.3, -0.25) is 4.79 Å². The Bertz CT molecular complexity index is 772. The first-order valence-corrected chi connectivity index (χ1v) is 7.56. The van der Waals surface area contributed by atoms with Crippen LogP contribution in [0.25, 0.3) is 6.08 Å². The van der Waals surface area contributed by atoms with Crippen molar-refractivity contribution in [3.63, 3.8) is 0 Å². The fourth-order valence-electron chi connectivity index (χ4n) is 2.05. The van der Waals surface area contributed by atoms with Gasteiger partial charge in [0.05, 0.1) is 22.6 Å². The average Bonchev–Trinajstić information content (AvgIpc) is 3.22. The molecule has 0 aliphatic carbocycles. The van der Waals surface area contributed by atoms with Gasteiger partial charge >= 0.3 is 5.97 Å². The minimum absolute atomic E-state index is 0.268. The molecule has 0 atom stereocenters. The maximum atomic E-state index is 11.9.